The number of methoxy groups -OCH3 is 1. The van der Waals surface area contributed by atoms with E-state index in [0.717, 1.165) is 18.4 Å². The third-order valence-corrected chi connectivity index (χ3v) is 5.99. The van der Waals surface area contributed by atoms with E-state index < -0.39 is 0 Å². The highest BCUT2D eigenvalue weighted by molar-refractivity contribution is 5.95. The van der Waals surface area contributed by atoms with Crippen LogP contribution < -0.4 is 14.8 Å². The summed E-state index contributed by atoms with van der Waals surface area (Å²) in [5.74, 6) is 0.932. The number of hydrogen-bond acceptors (Lipinski definition) is 6. The fraction of sp³-hybridized carbons (Fsp3) is 0.417. The first-order valence-corrected chi connectivity index (χ1v) is 10.8. The van der Waals surface area contributed by atoms with Crippen LogP contribution in [0.15, 0.2) is 36.5 Å². The maximum absolute atomic E-state index is 12.6. The molecule has 8 heteroatoms. The molecule has 8 nitrogen and oxygen atoms in total. The summed E-state index contributed by atoms with van der Waals surface area (Å²) in [6.45, 7) is 0.371. The van der Waals surface area contributed by atoms with Crippen molar-refractivity contribution in [3.8, 4) is 17.6 Å². The molecule has 1 atom stereocenters. The number of carbonyl (C=O) groups excluding carboxylic acids is 2. The van der Waals surface area contributed by atoms with Gasteiger partial charge in [-0.3, -0.25) is 9.59 Å². The Labute approximate surface area is 187 Å². The van der Waals surface area contributed by atoms with Crippen LogP contribution in [-0.4, -0.2) is 48.0 Å². The number of hydrogen-bond donors (Lipinski definition) is 1. The van der Waals surface area contributed by atoms with Crippen LogP contribution in [-0.2, 0) is 9.59 Å². The molecular formula is C24H26N4O4. The maximum Gasteiger partial charge on any atom is 0.244 e. The van der Waals surface area contributed by atoms with Gasteiger partial charge < -0.3 is 19.7 Å². The number of nitrogens with zero attached hydrogens (tertiary/aromatic N) is 3. The number of amides is 2. The van der Waals surface area contributed by atoms with Crippen molar-refractivity contribution in [2.24, 2.45) is 0 Å². The molecule has 1 N–H and O–H groups in total. The second-order valence-corrected chi connectivity index (χ2v) is 8.17. The van der Waals surface area contributed by atoms with Crippen LogP contribution in [0.25, 0.3) is 0 Å². The molecule has 0 unspecified atom stereocenters. The standard InChI is InChI=1S/C24H26N4O4/c1-31-21-9-8-16(11-22(21)32-18-5-2-3-6-18)17-12-24(30)28(14-17)15-23(29)27-19-7-4-10-26-20(19)13-25/h4,7-11,17-18H,2-3,5-6,12,14-15H2,1H3,(H,27,29)/t17-/m1/s1. The highest BCUT2D eigenvalue weighted by Gasteiger charge is 2.32. The van der Waals surface area contributed by atoms with Crippen molar-refractivity contribution >= 4 is 17.5 Å². The van der Waals surface area contributed by atoms with Gasteiger partial charge in [0, 0.05) is 25.1 Å². The first-order chi connectivity index (χ1) is 15.6. The van der Waals surface area contributed by atoms with Crippen LogP contribution in [0.4, 0.5) is 5.69 Å². The second kappa shape index (κ2) is 9.69. The minimum Gasteiger partial charge on any atom is -0.493 e. The summed E-state index contributed by atoms with van der Waals surface area (Å²) in [4.78, 5) is 30.5. The number of carbonyl (C=O) groups is 2. The van der Waals surface area contributed by atoms with Gasteiger partial charge in [0.1, 0.15) is 6.07 Å². The van der Waals surface area contributed by atoms with E-state index in [1.54, 1.807) is 24.1 Å². The van der Waals surface area contributed by atoms with Gasteiger partial charge in [-0.05, 0) is 55.5 Å². The highest BCUT2D eigenvalue weighted by Crippen LogP contribution is 2.37. The first kappa shape index (κ1) is 21.6. The summed E-state index contributed by atoms with van der Waals surface area (Å²) < 4.78 is 11.6. The molecule has 2 fully saturated rings. The molecule has 1 saturated heterocycles. The van der Waals surface area contributed by atoms with E-state index in [1.165, 1.54) is 19.0 Å². The monoisotopic (exact) mass is 434 g/mol. The van der Waals surface area contributed by atoms with E-state index in [4.69, 9.17) is 14.7 Å². The van der Waals surface area contributed by atoms with Crippen LogP contribution in [0.1, 0.15) is 49.3 Å². The molecule has 2 amide bonds. The van der Waals surface area contributed by atoms with Gasteiger partial charge in [-0.15, -0.1) is 0 Å². The van der Waals surface area contributed by atoms with Gasteiger partial charge in [0.15, 0.2) is 17.2 Å². The molecule has 32 heavy (non-hydrogen) atoms. The molecule has 2 aliphatic rings. The van der Waals surface area contributed by atoms with Gasteiger partial charge >= 0.3 is 0 Å². The Kier molecular flexibility index (Phi) is 6.55. The Morgan fingerprint density at radius 2 is 2.09 bits per heavy atom. The lowest BCUT2D eigenvalue weighted by atomic mass is 9.98. The summed E-state index contributed by atoms with van der Waals surface area (Å²) in [6.07, 6.45) is 6.47. The molecule has 2 aromatic rings. The molecule has 2 heterocycles. The second-order valence-electron chi connectivity index (χ2n) is 8.17. The zero-order valence-electron chi connectivity index (χ0n) is 18.0. The van der Waals surface area contributed by atoms with Crippen molar-refractivity contribution in [2.45, 2.75) is 44.1 Å². The fourth-order valence-electron chi connectivity index (χ4n) is 4.33. The Morgan fingerprint density at radius 3 is 2.84 bits per heavy atom. The van der Waals surface area contributed by atoms with Crippen molar-refractivity contribution in [3.05, 3.63) is 47.8 Å². The largest absolute Gasteiger partial charge is 0.493 e. The number of pyridine rings is 1. The Morgan fingerprint density at radius 1 is 1.28 bits per heavy atom. The Hall–Kier alpha value is -3.60. The van der Waals surface area contributed by atoms with Crippen molar-refractivity contribution in [1.29, 1.82) is 5.26 Å². The van der Waals surface area contributed by atoms with E-state index in [-0.39, 0.29) is 36.1 Å². The number of aromatic nitrogens is 1. The van der Waals surface area contributed by atoms with Gasteiger partial charge in [0.2, 0.25) is 11.8 Å². The number of nitrogens with one attached hydrogen (secondary N) is 1. The average Bonchev–Trinajstić information content (AvgIpc) is 3.44. The molecule has 1 aliphatic heterocycles. The third-order valence-electron chi connectivity index (χ3n) is 5.99. The number of benzene rings is 1. The van der Waals surface area contributed by atoms with E-state index in [1.807, 2.05) is 24.3 Å². The predicted octanol–water partition coefficient (Wildman–Crippen LogP) is 3.24. The quantitative estimate of drug-likeness (QED) is 0.717. The number of rotatable bonds is 7. The van der Waals surface area contributed by atoms with Gasteiger partial charge in [-0.1, -0.05) is 6.07 Å². The van der Waals surface area contributed by atoms with Gasteiger partial charge in [-0.2, -0.15) is 5.26 Å². The molecule has 1 aromatic heterocycles. The summed E-state index contributed by atoms with van der Waals surface area (Å²) in [5.41, 5.74) is 1.47. The van der Waals surface area contributed by atoms with Crippen molar-refractivity contribution in [1.82, 2.24) is 9.88 Å². The zero-order valence-corrected chi connectivity index (χ0v) is 18.0. The third kappa shape index (κ3) is 4.83. The SMILES string of the molecule is COc1ccc([C@@H]2CC(=O)N(CC(=O)Nc3cccnc3C#N)C2)cc1OC1CCCC1. The lowest BCUT2D eigenvalue weighted by Gasteiger charge is -2.19. The molecule has 0 spiro atoms. The number of likely N-dealkylation sites (tertiary alicyclic amines) is 1. The first-order valence-electron chi connectivity index (χ1n) is 10.8. The topological polar surface area (TPSA) is 105 Å². The minimum absolute atomic E-state index is 0.0276. The molecule has 1 aliphatic carbocycles. The van der Waals surface area contributed by atoms with Gasteiger partial charge in [0.25, 0.3) is 0 Å². The van der Waals surface area contributed by atoms with Crippen LogP contribution >= 0.6 is 0 Å². The van der Waals surface area contributed by atoms with E-state index in [2.05, 4.69) is 10.3 Å². The molecule has 1 saturated carbocycles. The van der Waals surface area contributed by atoms with Crippen molar-refractivity contribution in [2.75, 3.05) is 25.5 Å². The summed E-state index contributed by atoms with van der Waals surface area (Å²) in [6, 6.07) is 11.0. The van der Waals surface area contributed by atoms with Crippen LogP contribution in [0.3, 0.4) is 0 Å². The molecule has 166 valence electrons. The van der Waals surface area contributed by atoms with Crippen molar-refractivity contribution < 1.29 is 19.1 Å². The minimum atomic E-state index is -0.358. The smallest absolute Gasteiger partial charge is 0.244 e. The molecule has 4 rings (SSSR count). The predicted molar refractivity (Wildman–Crippen MR) is 117 cm³/mol. The summed E-state index contributed by atoms with van der Waals surface area (Å²) in [7, 11) is 1.62. The van der Waals surface area contributed by atoms with Crippen LogP contribution in [0.5, 0.6) is 11.5 Å². The Bertz CT molecular complexity index is 1040. The molecule has 0 bridgehead atoms. The number of nitriles is 1. The lowest BCUT2D eigenvalue weighted by molar-refractivity contribution is -0.131. The number of anilines is 1. The average molecular weight is 434 g/mol. The van der Waals surface area contributed by atoms with Crippen LogP contribution in [0, 0.1) is 11.3 Å². The zero-order chi connectivity index (χ0) is 22.5. The normalized spacial score (nSPS) is 18.4. The van der Waals surface area contributed by atoms with Gasteiger partial charge in [0.05, 0.1) is 25.4 Å². The highest BCUT2D eigenvalue weighted by atomic mass is 16.5. The maximum atomic E-state index is 12.6. The number of ether oxygens (including phenoxy) is 2. The summed E-state index contributed by atoms with van der Waals surface area (Å²) in [5, 5.41) is 11.8. The van der Waals surface area contributed by atoms with Crippen molar-refractivity contribution in [3.63, 3.8) is 0 Å². The van der Waals surface area contributed by atoms with E-state index >= 15 is 0 Å². The van der Waals surface area contributed by atoms with E-state index in [0.29, 0.717) is 30.2 Å². The van der Waals surface area contributed by atoms with Gasteiger partial charge in [-0.25, -0.2) is 4.98 Å². The molecule has 0 radical (unpaired) electrons. The van der Waals surface area contributed by atoms with Crippen LogP contribution in [0.2, 0.25) is 0 Å². The lowest BCUT2D eigenvalue weighted by Crippen LogP contribution is -2.34. The molecular weight excluding hydrogens is 408 g/mol. The Balaban J connectivity index is 1.41. The van der Waals surface area contributed by atoms with E-state index in [9.17, 15) is 9.59 Å². The molecule has 1 aromatic carbocycles. The summed E-state index contributed by atoms with van der Waals surface area (Å²) >= 11 is 0. The fourth-order valence-corrected chi connectivity index (χ4v) is 4.33.